The Morgan fingerprint density at radius 3 is 1.96 bits per heavy atom. The fourth-order valence-electron chi connectivity index (χ4n) is 4.88. The van der Waals surface area contributed by atoms with Crippen molar-refractivity contribution >= 4 is 29.4 Å². The summed E-state index contributed by atoms with van der Waals surface area (Å²) < 4.78 is 11.3. The molecule has 0 aliphatic carbocycles. The number of nitrogens with zero attached hydrogens (tertiary/aromatic N) is 1. The second kappa shape index (κ2) is 17.9. The van der Waals surface area contributed by atoms with Gasteiger partial charge in [-0.25, -0.2) is 4.79 Å². The van der Waals surface area contributed by atoms with Gasteiger partial charge in [0.15, 0.2) is 0 Å². The number of phenolic OH excluding ortho intramolecular Hbond substituents is 1. The van der Waals surface area contributed by atoms with Gasteiger partial charge in [0.2, 0.25) is 5.91 Å². The van der Waals surface area contributed by atoms with Crippen LogP contribution in [-0.2, 0) is 22.6 Å². The lowest BCUT2D eigenvalue weighted by atomic mass is 10.1. The lowest BCUT2D eigenvalue weighted by molar-refractivity contribution is -0.137. The molecule has 0 aliphatic rings. The minimum atomic E-state index is -1.17. The molecule has 0 atom stereocenters. The van der Waals surface area contributed by atoms with Gasteiger partial charge in [0.05, 0.1) is 18.6 Å². The molecule has 0 unspecified atom stereocenters. The van der Waals surface area contributed by atoms with Crippen LogP contribution in [0.4, 0.5) is 5.69 Å². The maximum Gasteiger partial charge on any atom is 0.343 e. The van der Waals surface area contributed by atoms with Crippen LogP contribution in [0, 0.1) is 0 Å². The van der Waals surface area contributed by atoms with E-state index in [1.165, 1.54) is 48.4 Å². The molecule has 0 radical (unpaired) electrons. The second-order valence-electron chi connectivity index (χ2n) is 11.3. The van der Waals surface area contributed by atoms with E-state index < -0.39 is 24.4 Å². The SMILES string of the molecule is CCCCCCCOc1ccc(C(=O)Oc2ccc(CN(CC(=O)O)C(=O)c3ccc(NC(=O)Cc4ccc(O)cc4)cc3)cc2)cc1. The number of anilines is 1. The third-order valence-corrected chi connectivity index (χ3v) is 7.44. The zero-order valence-corrected chi connectivity index (χ0v) is 26.9. The molecule has 0 saturated carbocycles. The van der Waals surface area contributed by atoms with E-state index in [1.807, 2.05) is 0 Å². The highest BCUT2D eigenvalue weighted by atomic mass is 16.5. The molecule has 0 spiro atoms. The zero-order valence-electron chi connectivity index (χ0n) is 26.9. The molecule has 10 nitrogen and oxygen atoms in total. The van der Waals surface area contributed by atoms with Gasteiger partial charge in [-0.05, 0) is 90.3 Å². The Balaban J connectivity index is 1.29. The summed E-state index contributed by atoms with van der Waals surface area (Å²) in [6.45, 7) is 2.29. The lowest BCUT2D eigenvalue weighted by Gasteiger charge is -2.21. The van der Waals surface area contributed by atoms with Crippen molar-refractivity contribution in [1.29, 1.82) is 0 Å². The van der Waals surface area contributed by atoms with E-state index in [0.29, 0.717) is 34.9 Å². The Labute approximate surface area is 279 Å². The molecule has 0 saturated heterocycles. The lowest BCUT2D eigenvalue weighted by Crippen LogP contribution is -2.35. The van der Waals surface area contributed by atoms with Crippen molar-refractivity contribution in [2.45, 2.75) is 52.0 Å². The molecule has 0 bridgehead atoms. The molecular formula is C38H40N2O8. The van der Waals surface area contributed by atoms with Gasteiger partial charge in [-0.1, -0.05) is 56.9 Å². The molecule has 10 heteroatoms. The van der Waals surface area contributed by atoms with Crippen LogP contribution < -0.4 is 14.8 Å². The maximum absolute atomic E-state index is 13.3. The highest BCUT2D eigenvalue weighted by Crippen LogP contribution is 2.20. The summed E-state index contributed by atoms with van der Waals surface area (Å²) in [6, 6.07) is 25.8. The Morgan fingerprint density at radius 1 is 0.708 bits per heavy atom. The first kappa shape index (κ1) is 35.2. The number of carboxylic acids is 1. The Hall–Kier alpha value is -5.64. The van der Waals surface area contributed by atoms with E-state index >= 15 is 0 Å². The number of ether oxygens (including phenoxy) is 2. The summed E-state index contributed by atoms with van der Waals surface area (Å²) in [7, 11) is 0. The maximum atomic E-state index is 13.3. The number of nitrogens with one attached hydrogen (secondary N) is 1. The fraction of sp³-hybridized carbons (Fsp3) is 0.263. The van der Waals surface area contributed by atoms with Gasteiger partial charge in [0, 0.05) is 17.8 Å². The van der Waals surface area contributed by atoms with Gasteiger partial charge >= 0.3 is 11.9 Å². The minimum Gasteiger partial charge on any atom is -0.508 e. The molecule has 4 rings (SSSR count). The molecule has 0 fully saturated rings. The van der Waals surface area contributed by atoms with Crippen molar-refractivity contribution < 1.29 is 38.9 Å². The Morgan fingerprint density at radius 2 is 1.31 bits per heavy atom. The van der Waals surface area contributed by atoms with E-state index in [4.69, 9.17) is 9.47 Å². The van der Waals surface area contributed by atoms with Crippen molar-refractivity contribution in [1.82, 2.24) is 4.90 Å². The summed E-state index contributed by atoms with van der Waals surface area (Å²) in [6.07, 6.45) is 5.85. The molecule has 0 aromatic heterocycles. The molecular weight excluding hydrogens is 612 g/mol. The van der Waals surface area contributed by atoms with Crippen LogP contribution in [0.2, 0.25) is 0 Å². The van der Waals surface area contributed by atoms with Crippen LogP contribution in [0.25, 0.3) is 0 Å². The number of rotatable bonds is 17. The van der Waals surface area contributed by atoms with Gasteiger partial charge in [-0.3, -0.25) is 14.4 Å². The smallest absolute Gasteiger partial charge is 0.343 e. The van der Waals surface area contributed by atoms with Gasteiger partial charge in [0.25, 0.3) is 5.91 Å². The number of hydrogen-bond acceptors (Lipinski definition) is 7. The second-order valence-corrected chi connectivity index (χ2v) is 11.3. The number of amides is 2. The standard InChI is InChI=1S/C38H40N2O8/c1-2-3-4-5-6-23-47-33-21-13-30(14-22-33)38(46)48-34-19-9-28(10-20-34)25-40(26-36(43)44)37(45)29-11-15-31(16-12-29)39-35(42)24-27-7-17-32(41)18-8-27/h7-22,41H,2-6,23-26H2,1H3,(H,39,42)(H,43,44). The predicted molar refractivity (Wildman–Crippen MR) is 181 cm³/mol. The summed E-state index contributed by atoms with van der Waals surface area (Å²) >= 11 is 0. The molecule has 0 heterocycles. The quantitative estimate of drug-likeness (QED) is 0.0637. The number of phenols is 1. The summed E-state index contributed by atoms with van der Waals surface area (Å²) in [5.41, 5.74) is 2.46. The number of carbonyl (C=O) groups is 4. The van der Waals surface area contributed by atoms with Crippen molar-refractivity contribution in [2.75, 3.05) is 18.5 Å². The van der Waals surface area contributed by atoms with Crippen LogP contribution in [0.3, 0.4) is 0 Å². The normalized spacial score (nSPS) is 10.6. The average molecular weight is 653 g/mol. The molecule has 4 aromatic carbocycles. The van der Waals surface area contributed by atoms with Crippen molar-refractivity contribution in [2.24, 2.45) is 0 Å². The first-order valence-electron chi connectivity index (χ1n) is 15.9. The van der Waals surface area contributed by atoms with Crippen molar-refractivity contribution in [3.63, 3.8) is 0 Å². The summed E-state index contributed by atoms with van der Waals surface area (Å²) in [5.74, 6) is -1.37. The molecule has 3 N–H and O–H groups in total. The number of carboxylic acid groups (broad SMARTS) is 1. The molecule has 0 aliphatic heterocycles. The molecule has 4 aromatic rings. The third kappa shape index (κ3) is 11.3. The topological polar surface area (TPSA) is 142 Å². The van der Waals surface area contributed by atoms with Crippen molar-refractivity contribution in [3.05, 3.63) is 119 Å². The highest BCUT2D eigenvalue weighted by molar-refractivity contribution is 5.97. The number of esters is 1. The Kier molecular flexibility index (Phi) is 13.1. The van der Waals surface area contributed by atoms with Gasteiger partial charge in [-0.15, -0.1) is 0 Å². The third-order valence-electron chi connectivity index (χ3n) is 7.44. The first-order valence-corrected chi connectivity index (χ1v) is 15.9. The monoisotopic (exact) mass is 652 g/mol. The van der Waals surface area contributed by atoms with E-state index in [2.05, 4.69) is 12.2 Å². The summed E-state index contributed by atoms with van der Waals surface area (Å²) in [4.78, 5) is 51.1. The molecule has 2 amide bonds. The van der Waals surface area contributed by atoms with Crippen LogP contribution in [0.1, 0.15) is 70.9 Å². The van der Waals surface area contributed by atoms with Crippen LogP contribution >= 0.6 is 0 Å². The van der Waals surface area contributed by atoms with E-state index in [0.717, 1.165) is 18.4 Å². The predicted octanol–water partition coefficient (Wildman–Crippen LogP) is 6.87. The Bertz CT molecular complexity index is 1650. The van der Waals surface area contributed by atoms with E-state index in [-0.39, 0.29) is 30.2 Å². The van der Waals surface area contributed by atoms with Crippen LogP contribution in [-0.4, -0.2) is 52.0 Å². The van der Waals surface area contributed by atoms with Crippen molar-refractivity contribution in [3.8, 4) is 17.2 Å². The van der Waals surface area contributed by atoms with Crippen LogP contribution in [0.5, 0.6) is 17.2 Å². The van der Waals surface area contributed by atoms with Gasteiger partial charge in [0.1, 0.15) is 23.8 Å². The number of hydrogen-bond donors (Lipinski definition) is 3. The molecule has 250 valence electrons. The summed E-state index contributed by atoms with van der Waals surface area (Å²) in [5, 5.41) is 21.6. The number of aliphatic carboxylic acids is 1. The highest BCUT2D eigenvalue weighted by Gasteiger charge is 2.20. The van der Waals surface area contributed by atoms with Gasteiger partial charge < -0.3 is 29.9 Å². The minimum absolute atomic E-state index is 0.00451. The number of carbonyl (C=O) groups excluding carboxylic acids is 3. The van der Waals surface area contributed by atoms with Gasteiger partial charge in [-0.2, -0.15) is 0 Å². The fourth-order valence-corrected chi connectivity index (χ4v) is 4.88. The first-order chi connectivity index (χ1) is 23.2. The van der Waals surface area contributed by atoms with E-state index in [9.17, 15) is 29.4 Å². The molecule has 48 heavy (non-hydrogen) atoms. The average Bonchev–Trinajstić information content (AvgIpc) is 3.08. The number of aromatic hydroxyl groups is 1. The van der Waals surface area contributed by atoms with Crippen LogP contribution in [0.15, 0.2) is 97.1 Å². The number of benzene rings is 4. The largest absolute Gasteiger partial charge is 0.508 e. The zero-order chi connectivity index (χ0) is 34.3. The number of unbranched alkanes of at least 4 members (excludes halogenated alkanes) is 4. The van der Waals surface area contributed by atoms with E-state index in [1.54, 1.807) is 72.8 Å².